The van der Waals surface area contributed by atoms with Crippen LogP contribution in [-0.4, -0.2) is 29.6 Å². The zero-order valence-electron chi connectivity index (χ0n) is 18.3. The molecule has 1 aliphatic heterocycles. The van der Waals surface area contributed by atoms with Gasteiger partial charge in [-0.25, -0.2) is 4.79 Å². The van der Waals surface area contributed by atoms with Gasteiger partial charge in [0.05, 0.1) is 5.41 Å². The van der Waals surface area contributed by atoms with E-state index in [1.807, 2.05) is 55.6 Å². The summed E-state index contributed by atoms with van der Waals surface area (Å²) in [4.78, 5) is 27.7. The van der Waals surface area contributed by atoms with Crippen LogP contribution in [0.1, 0.15) is 31.2 Å². The van der Waals surface area contributed by atoms with Crippen LogP contribution in [0, 0.1) is 0 Å². The van der Waals surface area contributed by atoms with Crippen LogP contribution in [0.2, 0.25) is 0 Å². The van der Waals surface area contributed by atoms with E-state index in [0.717, 1.165) is 32.5 Å². The number of nitrogens with one attached hydrogen (secondary N) is 1. The topological polar surface area (TPSA) is 69.6 Å². The molecule has 3 aromatic rings. The Bertz CT molecular complexity index is 1230. The number of fused-ring (bicyclic) bond motifs is 2. The molecule has 0 atom stereocenters. The van der Waals surface area contributed by atoms with Gasteiger partial charge >= 0.3 is 5.97 Å². The molecule has 1 spiro atoms. The first-order valence-electron chi connectivity index (χ1n) is 11.1. The third-order valence-corrected chi connectivity index (χ3v) is 7.76. The highest BCUT2D eigenvalue weighted by Gasteiger charge is 2.56. The molecule has 5 nitrogen and oxygen atoms in total. The lowest BCUT2D eigenvalue weighted by molar-refractivity contribution is -0.145. The zero-order chi connectivity index (χ0) is 23.2. The number of likely N-dealkylation sites (N-methyl/N-ethyl adjacent to an activating group) is 1. The molecule has 0 bridgehead atoms. The summed E-state index contributed by atoms with van der Waals surface area (Å²) in [5.41, 5.74) is 3.06. The van der Waals surface area contributed by atoms with Crippen molar-refractivity contribution in [3.8, 4) is 11.1 Å². The molecular formula is C27H25BrN2O3. The summed E-state index contributed by atoms with van der Waals surface area (Å²) in [7, 11) is 1.82. The maximum atomic E-state index is 13.5. The standard InChI is InChI=1S/C27H25BrN2O3/c1-30-23-11-10-19(18-6-3-2-4-7-18)16-22(23)26(24(30)31)12-14-27(15-13-26,25(32)33)29-21-9-5-8-20(28)17-21/h2-11,16-17,29H,12-15H2,1H3,(H,32,33). The minimum atomic E-state index is -1.11. The number of amides is 1. The van der Waals surface area contributed by atoms with E-state index in [4.69, 9.17) is 0 Å². The molecule has 2 aliphatic rings. The monoisotopic (exact) mass is 504 g/mol. The second-order valence-electron chi connectivity index (χ2n) is 9.07. The zero-order valence-corrected chi connectivity index (χ0v) is 19.9. The Hall–Kier alpha value is -3.12. The summed E-state index contributed by atoms with van der Waals surface area (Å²) in [5.74, 6) is -0.821. The minimum absolute atomic E-state index is 0.0594. The third-order valence-electron chi connectivity index (χ3n) is 7.27. The highest BCUT2D eigenvalue weighted by molar-refractivity contribution is 9.10. The number of nitrogens with zero attached hydrogens (tertiary/aromatic N) is 1. The fraction of sp³-hybridized carbons (Fsp3) is 0.259. The number of carboxylic acids is 1. The molecule has 0 saturated heterocycles. The summed E-state index contributed by atoms with van der Waals surface area (Å²) in [5, 5.41) is 13.5. The second-order valence-corrected chi connectivity index (χ2v) is 9.98. The van der Waals surface area contributed by atoms with E-state index < -0.39 is 16.9 Å². The first-order chi connectivity index (χ1) is 15.8. The second kappa shape index (κ2) is 8.03. The number of carbonyl (C=O) groups is 2. The fourth-order valence-corrected chi connectivity index (χ4v) is 5.79. The smallest absolute Gasteiger partial charge is 0.329 e. The average Bonchev–Trinajstić information content (AvgIpc) is 3.03. The van der Waals surface area contributed by atoms with Gasteiger partial charge in [-0.2, -0.15) is 0 Å². The number of hydrogen-bond acceptors (Lipinski definition) is 3. The molecule has 168 valence electrons. The summed E-state index contributed by atoms with van der Waals surface area (Å²) in [6, 6.07) is 23.9. The Morgan fingerprint density at radius 1 is 0.939 bits per heavy atom. The van der Waals surface area contributed by atoms with Crippen LogP contribution in [0.5, 0.6) is 0 Å². The first kappa shape index (κ1) is 21.7. The quantitative estimate of drug-likeness (QED) is 0.468. The average molecular weight is 505 g/mol. The van der Waals surface area contributed by atoms with E-state index in [9.17, 15) is 14.7 Å². The van der Waals surface area contributed by atoms with Crippen LogP contribution in [0.25, 0.3) is 11.1 Å². The number of anilines is 2. The van der Waals surface area contributed by atoms with Gasteiger partial charge in [0.2, 0.25) is 5.91 Å². The molecule has 1 heterocycles. The summed E-state index contributed by atoms with van der Waals surface area (Å²) >= 11 is 3.45. The Morgan fingerprint density at radius 3 is 2.33 bits per heavy atom. The maximum absolute atomic E-state index is 13.5. The normalized spacial score (nSPS) is 24.1. The van der Waals surface area contributed by atoms with E-state index in [1.165, 1.54) is 0 Å². The lowest BCUT2D eigenvalue weighted by Crippen LogP contribution is -2.54. The van der Waals surface area contributed by atoms with Gasteiger partial charge in [-0.15, -0.1) is 0 Å². The molecule has 1 amide bonds. The molecule has 0 radical (unpaired) electrons. The van der Waals surface area contributed by atoms with Gasteiger partial charge in [0.1, 0.15) is 5.54 Å². The Morgan fingerprint density at radius 2 is 1.67 bits per heavy atom. The molecule has 1 saturated carbocycles. The highest BCUT2D eigenvalue weighted by Crippen LogP contribution is 2.53. The number of hydrogen-bond donors (Lipinski definition) is 2. The van der Waals surface area contributed by atoms with Gasteiger partial charge in [0.15, 0.2) is 0 Å². The SMILES string of the molecule is CN1C(=O)C2(CCC(Nc3cccc(Br)c3)(C(=O)O)CC2)c2cc(-c3ccccc3)ccc21. The Balaban J connectivity index is 1.50. The third kappa shape index (κ3) is 3.53. The van der Waals surface area contributed by atoms with Crippen molar-refractivity contribution in [1.82, 2.24) is 0 Å². The number of rotatable bonds is 4. The van der Waals surface area contributed by atoms with E-state index in [-0.39, 0.29) is 5.91 Å². The van der Waals surface area contributed by atoms with Crippen molar-refractivity contribution in [1.29, 1.82) is 0 Å². The highest BCUT2D eigenvalue weighted by atomic mass is 79.9. The Labute approximate surface area is 201 Å². The number of aliphatic carboxylic acids is 1. The van der Waals surface area contributed by atoms with Crippen LogP contribution in [0.3, 0.4) is 0 Å². The molecule has 2 N–H and O–H groups in total. The van der Waals surface area contributed by atoms with Gasteiger partial charge in [0, 0.05) is 22.9 Å². The molecule has 6 heteroatoms. The molecule has 0 aromatic heterocycles. The number of carboxylic acid groups (broad SMARTS) is 1. The largest absolute Gasteiger partial charge is 0.480 e. The maximum Gasteiger partial charge on any atom is 0.329 e. The van der Waals surface area contributed by atoms with Crippen molar-refractivity contribution >= 4 is 39.2 Å². The summed E-state index contributed by atoms with van der Waals surface area (Å²) in [6.45, 7) is 0. The minimum Gasteiger partial charge on any atom is -0.480 e. The van der Waals surface area contributed by atoms with Crippen LogP contribution in [-0.2, 0) is 15.0 Å². The van der Waals surface area contributed by atoms with E-state index >= 15 is 0 Å². The van der Waals surface area contributed by atoms with Gasteiger partial charge in [0.25, 0.3) is 0 Å². The van der Waals surface area contributed by atoms with Crippen LogP contribution in [0.4, 0.5) is 11.4 Å². The molecule has 33 heavy (non-hydrogen) atoms. The van der Waals surface area contributed by atoms with Crippen molar-refractivity contribution in [3.05, 3.63) is 82.8 Å². The van der Waals surface area contributed by atoms with Gasteiger partial charge in [-0.1, -0.05) is 58.4 Å². The predicted molar refractivity (Wildman–Crippen MR) is 134 cm³/mol. The predicted octanol–water partition coefficient (Wildman–Crippen LogP) is 5.84. The van der Waals surface area contributed by atoms with Gasteiger partial charge < -0.3 is 15.3 Å². The molecular weight excluding hydrogens is 480 g/mol. The lowest BCUT2D eigenvalue weighted by atomic mass is 9.64. The molecule has 5 rings (SSSR count). The first-order valence-corrected chi connectivity index (χ1v) is 11.9. The van der Waals surface area contributed by atoms with E-state index in [1.54, 1.807) is 4.90 Å². The van der Waals surface area contributed by atoms with Crippen molar-refractivity contribution in [2.75, 3.05) is 17.3 Å². The fourth-order valence-electron chi connectivity index (χ4n) is 5.39. The van der Waals surface area contributed by atoms with Crippen molar-refractivity contribution < 1.29 is 14.7 Å². The van der Waals surface area contributed by atoms with Gasteiger partial charge in [-0.3, -0.25) is 4.79 Å². The van der Waals surface area contributed by atoms with Crippen molar-refractivity contribution in [2.45, 2.75) is 36.6 Å². The van der Waals surface area contributed by atoms with Crippen molar-refractivity contribution in [3.63, 3.8) is 0 Å². The van der Waals surface area contributed by atoms with Crippen LogP contribution >= 0.6 is 15.9 Å². The number of halogens is 1. The van der Waals surface area contributed by atoms with E-state index in [2.05, 4.69) is 45.5 Å². The van der Waals surface area contributed by atoms with Gasteiger partial charge in [-0.05, 0) is 72.7 Å². The van der Waals surface area contributed by atoms with E-state index in [0.29, 0.717) is 25.7 Å². The lowest BCUT2D eigenvalue weighted by Gasteiger charge is -2.42. The number of benzene rings is 3. The molecule has 3 aromatic carbocycles. The summed E-state index contributed by atoms with van der Waals surface area (Å²) < 4.78 is 0.885. The van der Waals surface area contributed by atoms with Crippen LogP contribution in [0.15, 0.2) is 77.3 Å². The number of carbonyl (C=O) groups excluding carboxylic acids is 1. The van der Waals surface area contributed by atoms with Crippen molar-refractivity contribution in [2.24, 2.45) is 0 Å². The molecule has 1 fully saturated rings. The molecule has 0 unspecified atom stereocenters. The molecule has 1 aliphatic carbocycles. The Kier molecular flexibility index (Phi) is 5.28. The summed E-state index contributed by atoms with van der Waals surface area (Å²) in [6.07, 6.45) is 1.69. The van der Waals surface area contributed by atoms with Crippen LogP contribution < -0.4 is 10.2 Å².